The van der Waals surface area contributed by atoms with Crippen molar-refractivity contribution in [2.24, 2.45) is 5.73 Å². The van der Waals surface area contributed by atoms with Crippen molar-refractivity contribution < 1.29 is 4.79 Å². The molecule has 0 spiro atoms. The van der Waals surface area contributed by atoms with Crippen LogP contribution in [0.5, 0.6) is 0 Å². The topological polar surface area (TPSA) is 61.6 Å². The lowest BCUT2D eigenvalue weighted by molar-refractivity contribution is 0.216. The van der Waals surface area contributed by atoms with E-state index in [9.17, 15) is 4.79 Å². The molecule has 0 saturated carbocycles. The SMILES string of the molecule is CN(C)[C@H]1CCN(C(=O)Nc2ccc(CN)cc2)C1. The van der Waals surface area contributed by atoms with Crippen molar-refractivity contribution in [1.29, 1.82) is 0 Å². The van der Waals surface area contributed by atoms with Crippen molar-refractivity contribution in [2.75, 3.05) is 32.5 Å². The highest BCUT2D eigenvalue weighted by molar-refractivity contribution is 5.89. The number of nitrogens with zero attached hydrogens (tertiary/aromatic N) is 2. The van der Waals surface area contributed by atoms with Crippen LogP contribution >= 0.6 is 0 Å². The second kappa shape index (κ2) is 6.04. The van der Waals surface area contributed by atoms with Gasteiger partial charge in [0, 0.05) is 31.4 Å². The summed E-state index contributed by atoms with van der Waals surface area (Å²) >= 11 is 0. The van der Waals surface area contributed by atoms with Gasteiger partial charge in [-0.25, -0.2) is 4.79 Å². The second-order valence-electron chi connectivity index (χ2n) is 5.18. The van der Waals surface area contributed by atoms with Crippen LogP contribution in [0.3, 0.4) is 0 Å². The van der Waals surface area contributed by atoms with Crippen LogP contribution in [-0.2, 0) is 6.54 Å². The number of nitrogens with one attached hydrogen (secondary N) is 1. The summed E-state index contributed by atoms with van der Waals surface area (Å²) in [6, 6.07) is 8.08. The molecular weight excluding hydrogens is 240 g/mol. The fourth-order valence-corrected chi connectivity index (χ4v) is 2.27. The Morgan fingerprint density at radius 2 is 2.11 bits per heavy atom. The summed E-state index contributed by atoms with van der Waals surface area (Å²) in [5, 5.41) is 2.92. The molecule has 1 atom stereocenters. The zero-order valence-corrected chi connectivity index (χ0v) is 11.6. The maximum Gasteiger partial charge on any atom is 0.321 e. The van der Waals surface area contributed by atoms with E-state index in [2.05, 4.69) is 24.3 Å². The second-order valence-corrected chi connectivity index (χ2v) is 5.18. The maximum atomic E-state index is 12.1. The van der Waals surface area contributed by atoms with Gasteiger partial charge >= 0.3 is 6.03 Å². The van der Waals surface area contributed by atoms with Gasteiger partial charge in [0.05, 0.1) is 0 Å². The molecule has 0 radical (unpaired) electrons. The van der Waals surface area contributed by atoms with Gasteiger partial charge in [0.1, 0.15) is 0 Å². The summed E-state index contributed by atoms with van der Waals surface area (Å²) in [6.45, 7) is 2.13. The van der Waals surface area contributed by atoms with E-state index < -0.39 is 0 Å². The summed E-state index contributed by atoms with van der Waals surface area (Å²) in [5.41, 5.74) is 7.42. The first-order chi connectivity index (χ1) is 9.10. The maximum absolute atomic E-state index is 12.1. The highest BCUT2D eigenvalue weighted by Crippen LogP contribution is 2.15. The van der Waals surface area contributed by atoms with Gasteiger partial charge in [0.25, 0.3) is 0 Å². The number of hydrogen-bond acceptors (Lipinski definition) is 3. The Labute approximate surface area is 114 Å². The molecule has 0 aromatic heterocycles. The molecule has 5 heteroatoms. The largest absolute Gasteiger partial charge is 0.326 e. The molecule has 2 rings (SSSR count). The van der Waals surface area contributed by atoms with Crippen LogP contribution in [0.1, 0.15) is 12.0 Å². The fraction of sp³-hybridized carbons (Fsp3) is 0.500. The number of amides is 2. The van der Waals surface area contributed by atoms with Gasteiger partial charge in [0.2, 0.25) is 0 Å². The predicted octanol–water partition coefficient (Wildman–Crippen LogP) is 1.31. The lowest BCUT2D eigenvalue weighted by Crippen LogP contribution is -2.36. The van der Waals surface area contributed by atoms with Gasteiger partial charge in [-0.2, -0.15) is 0 Å². The fourth-order valence-electron chi connectivity index (χ4n) is 2.27. The standard InChI is InChI=1S/C14H22N4O/c1-17(2)13-7-8-18(10-13)14(19)16-12-5-3-11(9-15)4-6-12/h3-6,13H,7-10,15H2,1-2H3,(H,16,19)/t13-/m0/s1. The number of hydrogen-bond donors (Lipinski definition) is 2. The third-order valence-corrected chi connectivity index (χ3v) is 3.62. The molecule has 2 amide bonds. The van der Waals surface area contributed by atoms with E-state index in [0.717, 1.165) is 30.8 Å². The lowest BCUT2D eigenvalue weighted by atomic mass is 10.2. The molecule has 3 N–H and O–H groups in total. The Balaban J connectivity index is 1.90. The van der Waals surface area contributed by atoms with Gasteiger partial charge in [-0.15, -0.1) is 0 Å². The first-order valence-electron chi connectivity index (χ1n) is 6.61. The highest BCUT2D eigenvalue weighted by atomic mass is 16.2. The Kier molecular flexibility index (Phi) is 4.39. The molecule has 104 valence electrons. The number of likely N-dealkylation sites (tertiary alicyclic amines) is 1. The van der Waals surface area contributed by atoms with Gasteiger partial charge < -0.3 is 20.9 Å². The number of benzene rings is 1. The van der Waals surface area contributed by atoms with Crippen LogP contribution < -0.4 is 11.1 Å². The number of carbonyl (C=O) groups excluding carboxylic acids is 1. The van der Waals surface area contributed by atoms with Crippen molar-refractivity contribution >= 4 is 11.7 Å². The minimum atomic E-state index is -0.0233. The monoisotopic (exact) mass is 262 g/mol. The summed E-state index contributed by atoms with van der Waals surface area (Å²) in [6.07, 6.45) is 1.03. The van der Waals surface area contributed by atoms with Crippen molar-refractivity contribution in [3.05, 3.63) is 29.8 Å². The molecule has 1 aromatic rings. The van der Waals surface area contributed by atoms with E-state index in [1.54, 1.807) is 0 Å². The van der Waals surface area contributed by atoms with E-state index in [-0.39, 0.29) is 6.03 Å². The molecule has 1 heterocycles. The van der Waals surface area contributed by atoms with E-state index >= 15 is 0 Å². The van der Waals surface area contributed by atoms with Crippen LogP contribution in [0.15, 0.2) is 24.3 Å². The molecule has 5 nitrogen and oxygen atoms in total. The number of urea groups is 1. The quantitative estimate of drug-likeness (QED) is 0.863. The van der Waals surface area contributed by atoms with E-state index in [0.29, 0.717) is 12.6 Å². The Morgan fingerprint density at radius 3 is 2.63 bits per heavy atom. The van der Waals surface area contributed by atoms with Crippen molar-refractivity contribution in [1.82, 2.24) is 9.80 Å². The van der Waals surface area contributed by atoms with Gasteiger partial charge in [-0.05, 0) is 38.2 Å². The summed E-state index contributed by atoms with van der Waals surface area (Å²) in [4.78, 5) is 16.1. The molecule has 1 aliphatic heterocycles. The average molecular weight is 262 g/mol. The van der Waals surface area contributed by atoms with Gasteiger partial charge in [0.15, 0.2) is 0 Å². The summed E-state index contributed by atoms with van der Waals surface area (Å²) in [7, 11) is 4.11. The molecule has 0 bridgehead atoms. The van der Waals surface area contributed by atoms with E-state index in [4.69, 9.17) is 5.73 Å². The van der Waals surface area contributed by atoms with Crippen molar-refractivity contribution in [3.63, 3.8) is 0 Å². The molecular formula is C14H22N4O. The molecule has 0 aliphatic carbocycles. The zero-order chi connectivity index (χ0) is 13.8. The molecule has 1 saturated heterocycles. The van der Waals surface area contributed by atoms with E-state index in [1.165, 1.54) is 0 Å². The molecule has 1 aromatic carbocycles. The first-order valence-corrected chi connectivity index (χ1v) is 6.61. The lowest BCUT2D eigenvalue weighted by Gasteiger charge is -2.20. The number of rotatable bonds is 3. The number of likely N-dealkylation sites (N-methyl/N-ethyl adjacent to an activating group) is 1. The highest BCUT2D eigenvalue weighted by Gasteiger charge is 2.27. The van der Waals surface area contributed by atoms with Crippen LogP contribution in [0.2, 0.25) is 0 Å². The molecule has 1 aliphatic rings. The first kappa shape index (κ1) is 13.8. The predicted molar refractivity (Wildman–Crippen MR) is 77.0 cm³/mol. The number of carbonyl (C=O) groups is 1. The Bertz CT molecular complexity index is 430. The minimum Gasteiger partial charge on any atom is -0.326 e. The van der Waals surface area contributed by atoms with Gasteiger partial charge in [-0.3, -0.25) is 0 Å². The molecule has 19 heavy (non-hydrogen) atoms. The van der Waals surface area contributed by atoms with Gasteiger partial charge in [-0.1, -0.05) is 12.1 Å². The van der Waals surface area contributed by atoms with Crippen LogP contribution in [0, 0.1) is 0 Å². The normalized spacial score (nSPS) is 18.9. The van der Waals surface area contributed by atoms with Crippen LogP contribution in [0.25, 0.3) is 0 Å². The van der Waals surface area contributed by atoms with Crippen molar-refractivity contribution in [2.45, 2.75) is 19.0 Å². The smallest absolute Gasteiger partial charge is 0.321 e. The van der Waals surface area contributed by atoms with E-state index in [1.807, 2.05) is 29.2 Å². The third-order valence-electron chi connectivity index (χ3n) is 3.62. The number of nitrogens with two attached hydrogens (primary N) is 1. The van der Waals surface area contributed by atoms with Crippen molar-refractivity contribution in [3.8, 4) is 0 Å². The Hall–Kier alpha value is -1.59. The number of anilines is 1. The molecule has 0 unspecified atom stereocenters. The minimum absolute atomic E-state index is 0.0233. The van der Waals surface area contributed by atoms with Crippen LogP contribution in [-0.4, -0.2) is 49.1 Å². The molecule has 1 fully saturated rings. The summed E-state index contributed by atoms with van der Waals surface area (Å²) < 4.78 is 0. The Morgan fingerprint density at radius 1 is 1.42 bits per heavy atom. The van der Waals surface area contributed by atoms with Crippen LogP contribution in [0.4, 0.5) is 10.5 Å². The zero-order valence-electron chi connectivity index (χ0n) is 11.6. The summed E-state index contributed by atoms with van der Waals surface area (Å²) in [5.74, 6) is 0. The average Bonchev–Trinajstić information content (AvgIpc) is 2.89. The third kappa shape index (κ3) is 3.45.